The van der Waals surface area contributed by atoms with E-state index in [9.17, 15) is 4.79 Å². The lowest BCUT2D eigenvalue weighted by atomic mass is 9.83. The van der Waals surface area contributed by atoms with E-state index in [0.717, 1.165) is 48.0 Å². The van der Waals surface area contributed by atoms with E-state index >= 15 is 0 Å². The highest BCUT2D eigenvalue weighted by molar-refractivity contribution is 9.10. The second-order valence-corrected chi connectivity index (χ2v) is 9.60. The van der Waals surface area contributed by atoms with Crippen LogP contribution in [0.5, 0.6) is 5.75 Å². The number of aliphatic hydroxyl groups is 1. The van der Waals surface area contributed by atoms with E-state index in [1.54, 1.807) is 6.08 Å². The number of rotatable bonds is 9. The summed E-state index contributed by atoms with van der Waals surface area (Å²) in [5, 5.41) is 8.94. The van der Waals surface area contributed by atoms with Gasteiger partial charge in [0.2, 0.25) is 5.90 Å². The number of aliphatic hydroxyl groups excluding tert-OH is 1. The fourth-order valence-electron chi connectivity index (χ4n) is 4.53. The normalized spacial score (nSPS) is 22.1. The van der Waals surface area contributed by atoms with Gasteiger partial charge in [-0.05, 0) is 61.2 Å². The summed E-state index contributed by atoms with van der Waals surface area (Å²) in [5.74, 6) is 1.16. The van der Waals surface area contributed by atoms with Crippen molar-refractivity contribution in [1.29, 1.82) is 0 Å². The third kappa shape index (κ3) is 5.20. The van der Waals surface area contributed by atoms with Crippen molar-refractivity contribution in [3.8, 4) is 5.75 Å². The van der Waals surface area contributed by atoms with Gasteiger partial charge in [0, 0.05) is 42.6 Å². The van der Waals surface area contributed by atoms with E-state index in [1.807, 2.05) is 53.4 Å². The van der Waals surface area contributed by atoms with Gasteiger partial charge in [0.1, 0.15) is 5.75 Å². The van der Waals surface area contributed by atoms with E-state index < -0.39 is 11.6 Å². The predicted molar refractivity (Wildman–Crippen MR) is 136 cm³/mol. The largest absolute Gasteiger partial charge is 0.494 e. The average molecular weight is 527 g/mol. The second-order valence-electron chi connectivity index (χ2n) is 8.69. The number of nitrogens with zero attached hydrogens (tertiary/aromatic N) is 2. The van der Waals surface area contributed by atoms with Crippen LogP contribution >= 0.6 is 15.9 Å². The van der Waals surface area contributed by atoms with Crippen LogP contribution in [0.2, 0.25) is 0 Å². The van der Waals surface area contributed by atoms with Gasteiger partial charge in [0.15, 0.2) is 11.6 Å². The van der Waals surface area contributed by atoms with Crippen LogP contribution in [-0.4, -0.2) is 53.7 Å². The quantitative estimate of drug-likeness (QED) is 0.366. The highest BCUT2D eigenvalue weighted by atomic mass is 79.9. The van der Waals surface area contributed by atoms with Gasteiger partial charge >= 0.3 is 0 Å². The number of halogens is 1. The molecule has 1 saturated heterocycles. The molecule has 0 spiro atoms. The summed E-state index contributed by atoms with van der Waals surface area (Å²) in [6.07, 6.45) is 5.34. The Bertz CT molecular complexity index is 1020. The second kappa shape index (κ2) is 11.2. The maximum absolute atomic E-state index is 14.0. The zero-order chi connectivity index (χ0) is 24.0. The van der Waals surface area contributed by atoms with Crippen LogP contribution in [0.25, 0.3) is 0 Å². The Kier molecular flexibility index (Phi) is 8.06. The molecule has 180 valence electrons. The van der Waals surface area contributed by atoms with Crippen molar-refractivity contribution in [2.45, 2.75) is 43.7 Å². The molecule has 2 heterocycles. The SMILES string of the molecule is C=CC[C@@]1(C(=O)N2CCCCC2)N=C(c2ccc(OCCCO)cc2)O[C@@H]1c1ccc(Br)cc1. The Hall–Kier alpha value is -2.64. The number of benzene rings is 2. The first-order valence-electron chi connectivity index (χ1n) is 11.8. The van der Waals surface area contributed by atoms with E-state index in [1.165, 1.54) is 0 Å². The summed E-state index contributed by atoms with van der Waals surface area (Å²) >= 11 is 3.50. The van der Waals surface area contributed by atoms with Gasteiger partial charge in [0.25, 0.3) is 5.91 Å². The molecule has 0 aliphatic carbocycles. The van der Waals surface area contributed by atoms with Gasteiger partial charge in [0.05, 0.1) is 6.61 Å². The first-order chi connectivity index (χ1) is 16.6. The van der Waals surface area contributed by atoms with Crippen molar-refractivity contribution in [1.82, 2.24) is 4.90 Å². The van der Waals surface area contributed by atoms with Crippen molar-refractivity contribution in [3.63, 3.8) is 0 Å². The predicted octanol–water partition coefficient (Wildman–Crippen LogP) is 5.06. The first kappa shape index (κ1) is 24.5. The van der Waals surface area contributed by atoms with Crippen LogP contribution in [0.1, 0.15) is 49.3 Å². The molecule has 4 rings (SSSR count). The highest BCUT2D eigenvalue weighted by Crippen LogP contribution is 2.44. The molecule has 7 heteroatoms. The summed E-state index contributed by atoms with van der Waals surface area (Å²) in [4.78, 5) is 20.9. The molecule has 0 radical (unpaired) electrons. The number of ether oxygens (including phenoxy) is 2. The van der Waals surface area contributed by atoms with E-state index in [-0.39, 0.29) is 12.5 Å². The summed E-state index contributed by atoms with van der Waals surface area (Å²) in [6, 6.07) is 15.4. The van der Waals surface area contributed by atoms with Crippen LogP contribution in [0.4, 0.5) is 0 Å². The fraction of sp³-hybridized carbons (Fsp3) is 0.407. The molecule has 1 N–H and O–H groups in total. The molecular formula is C27H31BrN2O4. The Morgan fingerprint density at radius 2 is 1.88 bits per heavy atom. The molecule has 2 aliphatic heterocycles. The standard InChI is InChI=1S/C27H31BrN2O4/c1-2-15-27(26(32)30-16-4-3-5-17-30)24(20-7-11-22(28)12-8-20)34-25(29-27)21-9-13-23(14-10-21)33-19-6-18-31/h2,7-14,24,31H,1,3-6,15-19H2/t24-,27-/m1/s1. The molecule has 0 aromatic heterocycles. The molecule has 1 amide bonds. The smallest absolute Gasteiger partial charge is 0.255 e. The number of carbonyl (C=O) groups is 1. The Balaban J connectivity index is 1.70. The molecule has 2 aromatic rings. The Morgan fingerprint density at radius 3 is 2.53 bits per heavy atom. The summed E-state index contributed by atoms with van der Waals surface area (Å²) in [7, 11) is 0. The fourth-order valence-corrected chi connectivity index (χ4v) is 4.79. The van der Waals surface area contributed by atoms with Crippen molar-refractivity contribution in [2.24, 2.45) is 4.99 Å². The van der Waals surface area contributed by atoms with E-state index in [0.29, 0.717) is 31.1 Å². The van der Waals surface area contributed by atoms with Crippen LogP contribution in [0, 0.1) is 0 Å². The van der Waals surface area contributed by atoms with Crippen LogP contribution in [0.3, 0.4) is 0 Å². The minimum absolute atomic E-state index is 0.000948. The van der Waals surface area contributed by atoms with Crippen LogP contribution in [0.15, 0.2) is 70.7 Å². The number of hydrogen-bond donors (Lipinski definition) is 1. The molecule has 34 heavy (non-hydrogen) atoms. The number of carbonyl (C=O) groups excluding carboxylic acids is 1. The lowest BCUT2D eigenvalue weighted by Crippen LogP contribution is -2.51. The molecule has 6 nitrogen and oxygen atoms in total. The van der Waals surface area contributed by atoms with Gasteiger partial charge in [-0.1, -0.05) is 34.1 Å². The molecule has 1 fully saturated rings. The lowest BCUT2D eigenvalue weighted by Gasteiger charge is -2.36. The third-order valence-electron chi connectivity index (χ3n) is 6.28. The molecule has 2 atom stereocenters. The summed E-state index contributed by atoms with van der Waals surface area (Å²) < 4.78 is 13.1. The number of aliphatic imine (C=N–C) groups is 1. The third-order valence-corrected chi connectivity index (χ3v) is 6.81. The lowest BCUT2D eigenvalue weighted by molar-refractivity contribution is -0.140. The molecular weight excluding hydrogens is 496 g/mol. The van der Waals surface area contributed by atoms with Crippen LogP contribution < -0.4 is 4.74 Å². The maximum Gasteiger partial charge on any atom is 0.255 e. The number of likely N-dealkylation sites (tertiary alicyclic amines) is 1. The van der Waals surface area contributed by atoms with Gasteiger partial charge in [-0.25, -0.2) is 4.99 Å². The summed E-state index contributed by atoms with van der Waals surface area (Å²) in [6.45, 7) is 5.98. The highest BCUT2D eigenvalue weighted by Gasteiger charge is 2.54. The monoisotopic (exact) mass is 526 g/mol. The molecule has 2 aliphatic rings. The van der Waals surface area contributed by atoms with Crippen LogP contribution in [-0.2, 0) is 9.53 Å². The minimum atomic E-state index is -1.10. The van der Waals surface area contributed by atoms with E-state index in [4.69, 9.17) is 19.6 Å². The number of hydrogen-bond acceptors (Lipinski definition) is 5. The average Bonchev–Trinajstić information content (AvgIpc) is 3.26. The first-order valence-corrected chi connectivity index (χ1v) is 12.6. The van der Waals surface area contributed by atoms with Crippen molar-refractivity contribution < 1.29 is 19.4 Å². The summed E-state index contributed by atoms with van der Waals surface area (Å²) in [5.41, 5.74) is 0.588. The molecule has 0 saturated carbocycles. The molecule has 0 bridgehead atoms. The van der Waals surface area contributed by atoms with Gasteiger partial charge in [-0.3, -0.25) is 4.79 Å². The van der Waals surface area contributed by atoms with Crippen molar-refractivity contribution >= 4 is 27.7 Å². The Morgan fingerprint density at radius 1 is 1.18 bits per heavy atom. The number of amides is 1. The van der Waals surface area contributed by atoms with Crippen molar-refractivity contribution in [2.75, 3.05) is 26.3 Å². The Labute approximate surface area is 209 Å². The maximum atomic E-state index is 14.0. The van der Waals surface area contributed by atoms with E-state index in [2.05, 4.69) is 22.5 Å². The molecule has 0 unspecified atom stereocenters. The van der Waals surface area contributed by atoms with Gasteiger partial charge in [-0.15, -0.1) is 6.58 Å². The number of piperidine rings is 1. The zero-order valence-electron chi connectivity index (χ0n) is 19.3. The van der Waals surface area contributed by atoms with Gasteiger partial charge in [-0.2, -0.15) is 0 Å². The topological polar surface area (TPSA) is 71.4 Å². The van der Waals surface area contributed by atoms with Gasteiger partial charge < -0.3 is 19.5 Å². The molecule has 2 aromatic carbocycles. The zero-order valence-corrected chi connectivity index (χ0v) is 20.9. The van der Waals surface area contributed by atoms with Crippen molar-refractivity contribution in [3.05, 3.63) is 76.8 Å². The minimum Gasteiger partial charge on any atom is -0.494 e.